The number of hydrogen-bond donors (Lipinski definition) is 3. The average Bonchev–Trinajstić information content (AvgIpc) is 3.04. The summed E-state index contributed by atoms with van der Waals surface area (Å²) < 4.78 is 1.72. The first-order valence-electron chi connectivity index (χ1n) is 8.90. The second-order valence-corrected chi connectivity index (χ2v) is 7.88. The van der Waals surface area contributed by atoms with E-state index in [2.05, 4.69) is 55.1 Å². The Morgan fingerprint density at radius 3 is 2.80 bits per heavy atom. The average molecular weight is 340 g/mol. The molecule has 2 atom stereocenters. The minimum Gasteiger partial charge on any atom is -0.385 e. The summed E-state index contributed by atoms with van der Waals surface area (Å²) in [7, 11) is 0. The maximum Gasteiger partial charge on any atom is 0.250 e. The maximum atomic E-state index is 11.9. The lowest BCUT2D eigenvalue weighted by Gasteiger charge is -2.31. The van der Waals surface area contributed by atoms with Crippen LogP contribution < -0.4 is 21.7 Å². The Kier molecular flexibility index (Phi) is 5.25. The second kappa shape index (κ2) is 7.42. The summed E-state index contributed by atoms with van der Waals surface area (Å²) in [4.78, 5) is 11.9. The second-order valence-electron chi connectivity index (χ2n) is 7.88. The monoisotopic (exact) mass is 340 g/mol. The highest BCUT2D eigenvalue weighted by atomic mass is 16.1. The zero-order chi connectivity index (χ0) is 17.9. The van der Waals surface area contributed by atoms with Crippen molar-refractivity contribution in [3.63, 3.8) is 0 Å². The van der Waals surface area contributed by atoms with Gasteiger partial charge in [0.25, 0.3) is 5.56 Å². The van der Waals surface area contributed by atoms with Gasteiger partial charge >= 0.3 is 0 Å². The number of anilines is 1. The maximum absolute atomic E-state index is 11.9. The topological polar surface area (TPSA) is 58.1 Å². The number of aromatic nitrogens is 1. The molecule has 3 rings (SSSR count). The Morgan fingerprint density at radius 2 is 2.04 bits per heavy atom. The number of benzene rings is 1. The predicted octanol–water partition coefficient (Wildman–Crippen LogP) is 2.45. The first-order chi connectivity index (χ1) is 11.9. The SMILES string of the molecule is CC(C)(C)C1NNCC1CNc1cccc(Cn2ccccc2=O)c1. The molecule has 1 aliphatic rings. The normalized spacial score (nSPS) is 20.6. The first kappa shape index (κ1) is 17.7. The Balaban J connectivity index is 1.64. The van der Waals surface area contributed by atoms with Gasteiger partial charge in [-0.15, -0.1) is 0 Å². The summed E-state index contributed by atoms with van der Waals surface area (Å²) in [6.45, 7) is 9.27. The summed E-state index contributed by atoms with van der Waals surface area (Å²) in [5.41, 5.74) is 9.15. The van der Waals surface area contributed by atoms with Crippen molar-refractivity contribution in [3.8, 4) is 0 Å². The molecule has 1 fully saturated rings. The third-order valence-electron chi connectivity index (χ3n) is 4.77. The van der Waals surface area contributed by atoms with Crippen LogP contribution in [0.5, 0.6) is 0 Å². The molecule has 25 heavy (non-hydrogen) atoms. The Bertz CT molecular complexity index is 763. The molecule has 0 radical (unpaired) electrons. The molecule has 2 heterocycles. The summed E-state index contributed by atoms with van der Waals surface area (Å²) >= 11 is 0. The van der Waals surface area contributed by atoms with Crippen LogP contribution in [0.2, 0.25) is 0 Å². The fourth-order valence-corrected chi connectivity index (χ4v) is 3.47. The van der Waals surface area contributed by atoms with Gasteiger partial charge in [0.05, 0.1) is 6.54 Å². The van der Waals surface area contributed by atoms with Crippen LogP contribution in [-0.4, -0.2) is 23.7 Å². The van der Waals surface area contributed by atoms with E-state index in [9.17, 15) is 4.79 Å². The minimum absolute atomic E-state index is 0.0250. The van der Waals surface area contributed by atoms with E-state index in [4.69, 9.17) is 0 Å². The number of hydrogen-bond acceptors (Lipinski definition) is 4. The van der Waals surface area contributed by atoms with Gasteiger partial charge < -0.3 is 9.88 Å². The summed E-state index contributed by atoms with van der Waals surface area (Å²) in [5.74, 6) is 0.528. The van der Waals surface area contributed by atoms with Crippen molar-refractivity contribution in [2.24, 2.45) is 11.3 Å². The van der Waals surface area contributed by atoms with E-state index in [1.54, 1.807) is 16.7 Å². The number of hydrazine groups is 1. The van der Waals surface area contributed by atoms with Crippen molar-refractivity contribution in [2.45, 2.75) is 33.4 Å². The fourth-order valence-electron chi connectivity index (χ4n) is 3.47. The van der Waals surface area contributed by atoms with Crippen molar-refractivity contribution in [3.05, 3.63) is 64.6 Å². The van der Waals surface area contributed by atoms with Gasteiger partial charge in [0, 0.05) is 43.0 Å². The van der Waals surface area contributed by atoms with E-state index in [1.807, 2.05) is 18.3 Å². The summed E-state index contributed by atoms with van der Waals surface area (Å²) in [6.07, 6.45) is 1.83. The largest absolute Gasteiger partial charge is 0.385 e. The van der Waals surface area contributed by atoms with Crippen molar-refractivity contribution in [1.82, 2.24) is 15.4 Å². The van der Waals surface area contributed by atoms with Crippen LogP contribution in [0.4, 0.5) is 5.69 Å². The first-order valence-corrected chi connectivity index (χ1v) is 8.90. The van der Waals surface area contributed by atoms with Gasteiger partial charge in [-0.3, -0.25) is 15.6 Å². The predicted molar refractivity (Wildman–Crippen MR) is 103 cm³/mol. The molecule has 0 bridgehead atoms. The van der Waals surface area contributed by atoms with E-state index in [1.165, 1.54) is 0 Å². The number of pyridine rings is 1. The van der Waals surface area contributed by atoms with Crippen LogP contribution in [0.25, 0.3) is 0 Å². The summed E-state index contributed by atoms with van der Waals surface area (Å²) in [5, 5.41) is 3.56. The fraction of sp³-hybridized carbons (Fsp3) is 0.450. The molecule has 0 saturated carbocycles. The van der Waals surface area contributed by atoms with E-state index in [-0.39, 0.29) is 11.0 Å². The highest BCUT2D eigenvalue weighted by Crippen LogP contribution is 2.27. The van der Waals surface area contributed by atoms with Crippen LogP contribution in [-0.2, 0) is 6.54 Å². The van der Waals surface area contributed by atoms with Crippen LogP contribution in [0.15, 0.2) is 53.5 Å². The van der Waals surface area contributed by atoms with Crippen LogP contribution in [0.1, 0.15) is 26.3 Å². The zero-order valence-corrected chi connectivity index (χ0v) is 15.3. The lowest BCUT2D eigenvalue weighted by molar-refractivity contribution is 0.244. The molecule has 1 aliphatic heterocycles. The highest BCUT2D eigenvalue weighted by molar-refractivity contribution is 5.46. The van der Waals surface area contributed by atoms with Gasteiger partial charge in [-0.25, -0.2) is 0 Å². The van der Waals surface area contributed by atoms with Crippen LogP contribution in [0.3, 0.4) is 0 Å². The van der Waals surface area contributed by atoms with Gasteiger partial charge in [-0.1, -0.05) is 39.0 Å². The van der Waals surface area contributed by atoms with E-state index in [0.29, 0.717) is 18.5 Å². The Morgan fingerprint density at radius 1 is 1.20 bits per heavy atom. The molecule has 1 aromatic heterocycles. The molecular formula is C20H28N4O. The quantitative estimate of drug-likeness (QED) is 0.782. The smallest absolute Gasteiger partial charge is 0.250 e. The van der Waals surface area contributed by atoms with E-state index >= 15 is 0 Å². The molecule has 5 heteroatoms. The minimum atomic E-state index is 0.0250. The van der Waals surface area contributed by atoms with Gasteiger partial charge in [0.1, 0.15) is 0 Å². The van der Waals surface area contributed by atoms with Crippen LogP contribution >= 0.6 is 0 Å². The van der Waals surface area contributed by atoms with E-state index < -0.39 is 0 Å². The van der Waals surface area contributed by atoms with Crippen molar-refractivity contribution in [1.29, 1.82) is 0 Å². The van der Waals surface area contributed by atoms with E-state index in [0.717, 1.165) is 24.3 Å². The molecule has 1 aromatic carbocycles. The van der Waals surface area contributed by atoms with Crippen molar-refractivity contribution >= 4 is 5.69 Å². The molecule has 0 spiro atoms. The number of rotatable bonds is 5. The molecule has 5 nitrogen and oxygen atoms in total. The Labute approximate surface area is 149 Å². The third-order valence-corrected chi connectivity index (χ3v) is 4.77. The van der Waals surface area contributed by atoms with Crippen molar-refractivity contribution < 1.29 is 0 Å². The molecule has 0 aliphatic carbocycles. The molecule has 1 saturated heterocycles. The van der Waals surface area contributed by atoms with Crippen LogP contribution in [0, 0.1) is 11.3 Å². The lowest BCUT2D eigenvalue weighted by atomic mass is 9.80. The molecule has 3 N–H and O–H groups in total. The van der Waals surface area contributed by atoms with Gasteiger partial charge in [-0.05, 0) is 29.2 Å². The Hall–Kier alpha value is -2.11. The molecular weight excluding hydrogens is 312 g/mol. The lowest BCUT2D eigenvalue weighted by Crippen LogP contribution is -2.43. The molecule has 134 valence electrons. The molecule has 2 aromatic rings. The van der Waals surface area contributed by atoms with Crippen molar-refractivity contribution in [2.75, 3.05) is 18.4 Å². The van der Waals surface area contributed by atoms with Gasteiger partial charge in [0.2, 0.25) is 0 Å². The standard InChI is InChI=1S/C20H28N4O/c1-20(2,3)19-16(13-22-23-19)12-21-17-8-6-7-15(11-17)14-24-10-5-4-9-18(24)25/h4-11,16,19,21-23H,12-14H2,1-3H3. The number of nitrogens with one attached hydrogen (secondary N) is 3. The highest BCUT2D eigenvalue weighted by Gasteiger charge is 2.35. The van der Waals surface area contributed by atoms with Gasteiger partial charge in [0.15, 0.2) is 0 Å². The zero-order valence-electron chi connectivity index (χ0n) is 15.3. The molecule has 0 amide bonds. The molecule has 2 unspecified atom stereocenters. The third kappa shape index (κ3) is 4.50. The number of nitrogens with zero attached hydrogens (tertiary/aromatic N) is 1. The summed E-state index contributed by atoms with van der Waals surface area (Å²) in [6, 6.07) is 14.0. The van der Waals surface area contributed by atoms with Gasteiger partial charge in [-0.2, -0.15) is 0 Å².